The average Bonchev–Trinajstić information content (AvgIpc) is 2.75. The summed E-state index contributed by atoms with van der Waals surface area (Å²) in [7, 11) is 1.62. The first-order valence-electron chi connectivity index (χ1n) is 10.3. The van der Waals surface area contributed by atoms with Crippen LogP contribution in [0.3, 0.4) is 0 Å². The Morgan fingerprint density at radius 1 is 1.07 bits per heavy atom. The molecule has 2 aromatic rings. The lowest BCUT2D eigenvalue weighted by atomic mass is 9.82. The second-order valence-corrected chi connectivity index (χ2v) is 7.78. The van der Waals surface area contributed by atoms with Gasteiger partial charge in [-0.3, -0.25) is 9.59 Å². The molecule has 2 aromatic carbocycles. The maximum Gasteiger partial charge on any atom is 0.262 e. The van der Waals surface area contributed by atoms with Crippen LogP contribution in [0.25, 0.3) is 0 Å². The minimum Gasteiger partial charge on any atom is -0.484 e. The number of benzene rings is 2. The van der Waals surface area contributed by atoms with Gasteiger partial charge in [0.25, 0.3) is 11.8 Å². The summed E-state index contributed by atoms with van der Waals surface area (Å²) in [6, 6.07) is 14.7. The topological polar surface area (TPSA) is 76.7 Å². The largest absolute Gasteiger partial charge is 0.484 e. The Morgan fingerprint density at radius 3 is 2.47 bits per heavy atom. The molecular weight excluding hydrogens is 380 g/mol. The molecule has 6 nitrogen and oxygen atoms in total. The number of carbonyl (C=O) groups excluding carboxylic acids is 2. The molecule has 0 spiro atoms. The average molecular weight is 413 g/mol. The Hall–Kier alpha value is -2.86. The Bertz CT molecular complexity index is 831. The highest BCUT2D eigenvalue weighted by Gasteiger charge is 2.17. The molecule has 2 rings (SSSR count). The van der Waals surface area contributed by atoms with Crippen molar-refractivity contribution in [3.05, 3.63) is 59.7 Å². The molecule has 2 N–H and O–H groups in total. The molecule has 0 bridgehead atoms. The second-order valence-electron chi connectivity index (χ2n) is 7.78. The van der Waals surface area contributed by atoms with Gasteiger partial charge in [-0.1, -0.05) is 39.0 Å². The van der Waals surface area contributed by atoms with Crippen LogP contribution in [-0.2, 0) is 14.9 Å². The van der Waals surface area contributed by atoms with Gasteiger partial charge in [-0.25, -0.2) is 0 Å². The van der Waals surface area contributed by atoms with Gasteiger partial charge in [0.05, 0.1) is 0 Å². The summed E-state index contributed by atoms with van der Waals surface area (Å²) in [5, 5.41) is 5.59. The highest BCUT2D eigenvalue weighted by Crippen LogP contribution is 2.28. The van der Waals surface area contributed by atoms with Gasteiger partial charge in [0.15, 0.2) is 6.61 Å². The van der Waals surface area contributed by atoms with Crippen LogP contribution < -0.4 is 15.4 Å². The Balaban J connectivity index is 1.85. The van der Waals surface area contributed by atoms with Crippen molar-refractivity contribution in [1.29, 1.82) is 0 Å². The Kier molecular flexibility index (Phi) is 8.87. The van der Waals surface area contributed by atoms with Crippen LogP contribution in [0, 0.1) is 0 Å². The third-order valence-electron chi connectivity index (χ3n) is 5.11. The minimum absolute atomic E-state index is 0.107. The first kappa shape index (κ1) is 23.4. The molecule has 162 valence electrons. The molecule has 0 aliphatic heterocycles. The smallest absolute Gasteiger partial charge is 0.262 e. The molecule has 0 unspecified atom stereocenters. The third kappa shape index (κ3) is 7.19. The number of hydrogen-bond donors (Lipinski definition) is 2. The fourth-order valence-electron chi connectivity index (χ4n) is 2.81. The number of rotatable bonds is 11. The maximum absolute atomic E-state index is 12.2. The van der Waals surface area contributed by atoms with E-state index in [1.165, 1.54) is 5.56 Å². The van der Waals surface area contributed by atoms with E-state index in [4.69, 9.17) is 9.47 Å². The van der Waals surface area contributed by atoms with Crippen LogP contribution in [0.15, 0.2) is 48.5 Å². The quantitative estimate of drug-likeness (QED) is 0.544. The molecule has 0 atom stereocenters. The second kappa shape index (κ2) is 11.4. The predicted molar refractivity (Wildman–Crippen MR) is 119 cm³/mol. The lowest BCUT2D eigenvalue weighted by molar-refractivity contribution is -0.118. The molecule has 0 saturated heterocycles. The van der Waals surface area contributed by atoms with E-state index in [1.807, 2.05) is 24.3 Å². The normalized spacial score (nSPS) is 11.1. The summed E-state index contributed by atoms with van der Waals surface area (Å²) in [4.78, 5) is 24.4. The highest BCUT2D eigenvalue weighted by molar-refractivity contribution is 5.97. The fraction of sp³-hybridized carbons (Fsp3) is 0.417. The summed E-state index contributed by atoms with van der Waals surface area (Å²) in [5.74, 6) is 0.171. The van der Waals surface area contributed by atoms with E-state index >= 15 is 0 Å². The fourth-order valence-corrected chi connectivity index (χ4v) is 2.81. The summed E-state index contributed by atoms with van der Waals surface area (Å²) in [6.07, 6.45) is 1.78. The zero-order chi connectivity index (χ0) is 22.0. The van der Waals surface area contributed by atoms with Crippen molar-refractivity contribution in [2.45, 2.75) is 39.0 Å². The van der Waals surface area contributed by atoms with E-state index < -0.39 is 0 Å². The molecule has 30 heavy (non-hydrogen) atoms. The van der Waals surface area contributed by atoms with Crippen molar-refractivity contribution in [1.82, 2.24) is 5.32 Å². The monoisotopic (exact) mass is 412 g/mol. The number of nitrogens with one attached hydrogen (secondary N) is 2. The summed E-state index contributed by atoms with van der Waals surface area (Å²) >= 11 is 0. The van der Waals surface area contributed by atoms with Gasteiger partial charge in [-0.2, -0.15) is 0 Å². The van der Waals surface area contributed by atoms with Crippen molar-refractivity contribution < 1.29 is 19.1 Å². The first-order valence-corrected chi connectivity index (χ1v) is 10.3. The van der Waals surface area contributed by atoms with Gasteiger partial charge in [0, 0.05) is 31.5 Å². The van der Waals surface area contributed by atoms with Gasteiger partial charge < -0.3 is 20.1 Å². The molecular formula is C24H32N2O4. The first-order chi connectivity index (χ1) is 14.4. The summed E-state index contributed by atoms with van der Waals surface area (Å²) in [5.41, 5.74) is 2.38. The zero-order valence-corrected chi connectivity index (χ0v) is 18.3. The van der Waals surface area contributed by atoms with Crippen molar-refractivity contribution >= 4 is 17.5 Å². The van der Waals surface area contributed by atoms with Crippen LogP contribution in [0.4, 0.5) is 5.69 Å². The molecule has 0 aromatic heterocycles. The maximum atomic E-state index is 12.2. The van der Waals surface area contributed by atoms with Gasteiger partial charge in [0.1, 0.15) is 5.75 Å². The van der Waals surface area contributed by atoms with Gasteiger partial charge in [-0.15, -0.1) is 0 Å². The van der Waals surface area contributed by atoms with E-state index in [-0.39, 0.29) is 23.8 Å². The molecule has 0 heterocycles. The molecule has 2 amide bonds. The lowest BCUT2D eigenvalue weighted by Gasteiger charge is -2.23. The molecule has 0 aliphatic rings. The molecule has 0 saturated carbocycles. The van der Waals surface area contributed by atoms with E-state index in [1.54, 1.807) is 31.4 Å². The number of ether oxygens (including phenoxy) is 2. The Labute approximate surface area is 179 Å². The predicted octanol–water partition coefficient (Wildman–Crippen LogP) is 4.16. The van der Waals surface area contributed by atoms with E-state index in [2.05, 4.69) is 31.4 Å². The van der Waals surface area contributed by atoms with Crippen LogP contribution >= 0.6 is 0 Å². The number of amides is 2. The lowest BCUT2D eigenvalue weighted by Crippen LogP contribution is -2.25. The van der Waals surface area contributed by atoms with Crippen LogP contribution in [0.5, 0.6) is 5.75 Å². The van der Waals surface area contributed by atoms with Crippen molar-refractivity contribution in [2.24, 2.45) is 0 Å². The van der Waals surface area contributed by atoms with Crippen LogP contribution in [-0.4, -0.2) is 38.7 Å². The van der Waals surface area contributed by atoms with E-state index in [9.17, 15) is 9.59 Å². The molecule has 0 radical (unpaired) electrons. The minimum atomic E-state index is -0.286. The molecule has 0 aliphatic carbocycles. The van der Waals surface area contributed by atoms with Gasteiger partial charge in [0.2, 0.25) is 0 Å². The summed E-state index contributed by atoms with van der Waals surface area (Å²) in [6.45, 7) is 7.58. The number of carbonyl (C=O) groups is 2. The van der Waals surface area contributed by atoms with Crippen LogP contribution in [0.2, 0.25) is 0 Å². The summed E-state index contributed by atoms with van der Waals surface area (Å²) < 4.78 is 10.6. The van der Waals surface area contributed by atoms with Crippen LogP contribution in [0.1, 0.15) is 49.5 Å². The van der Waals surface area contributed by atoms with Gasteiger partial charge >= 0.3 is 0 Å². The number of anilines is 1. The third-order valence-corrected chi connectivity index (χ3v) is 5.11. The van der Waals surface area contributed by atoms with Crippen molar-refractivity contribution in [3.8, 4) is 5.75 Å². The number of hydrogen-bond acceptors (Lipinski definition) is 4. The Morgan fingerprint density at radius 2 is 1.80 bits per heavy atom. The number of methoxy groups -OCH3 is 1. The molecule has 0 fully saturated rings. The van der Waals surface area contributed by atoms with Gasteiger partial charge in [-0.05, 0) is 54.2 Å². The SMILES string of the molecule is CCC(C)(C)c1ccc(OCC(=O)Nc2cccc(C(=O)NCCCOC)c2)cc1. The molecule has 6 heteroatoms. The standard InChI is InChI=1S/C24H32N2O4/c1-5-24(2,3)19-10-12-21(13-11-19)30-17-22(27)26-20-9-6-8-18(16-20)23(28)25-14-7-15-29-4/h6,8-13,16H,5,7,14-15,17H2,1-4H3,(H,25,28)(H,26,27). The highest BCUT2D eigenvalue weighted by atomic mass is 16.5. The van der Waals surface area contributed by atoms with E-state index in [0.717, 1.165) is 12.8 Å². The van der Waals surface area contributed by atoms with E-state index in [0.29, 0.717) is 30.2 Å². The van der Waals surface area contributed by atoms with Crippen molar-refractivity contribution in [2.75, 3.05) is 32.2 Å². The van der Waals surface area contributed by atoms with Crippen molar-refractivity contribution in [3.63, 3.8) is 0 Å². The zero-order valence-electron chi connectivity index (χ0n) is 18.3.